The molecule has 1 N–H and O–H groups in total. The fourth-order valence-corrected chi connectivity index (χ4v) is 0.816. The second kappa shape index (κ2) is 3.49. The van der Waals surface area contributed by atoms with Crippen LogP contribution in [0.25, 0.3) is 0 Å². The molecule has 0 spiro atoms. The third-order valence-corrected chi connectivity index (χ3v) is 1.29. The molecule has 0 aliphatic rings. The zero-order chi connectivity index (χ0) is 9.84. The van der Waals surface area contributed by atoms with Gasteiger partial charge in [0.25, 0.3) is 5.69 Å². The molecule has 0 atom stereocenters. The second-order valence-electron chi connectivity index (χ2n) is 2.19. The number of nitrogens with zero attached hydrogens (tertiary/aromatic N) is 2. The summed E-state index contributed by atoms with van der Waals surface area (Å²) in [6.07, 6.45) is 1.54. The Morgan fingerprint density at radius 3 is 2.77 bits per heavy atom. The largest absolute Gasteiger partial charge is 0.292 e. The quantitative estimate of drug-likeness (QED) is 0.325. The minimum absolute atomic E-state index is 0.0641. The van der Waals surface area contributed by atoms with Gasteiger partial charge in [0.2, 0.25) is 0 Å². The summed E-state index contributed by atoms with van der Waals surface area (Å²) in [5.74, 6) is -0.757. The van der Waals surface area contributed by atoms with Gasteiger partial charge in [-0.15, -0.1) is 0 Å². The van der Waals surface area contributed by atoms with Gasteiger partial charge in [-0.3, -0.25) is 15.4 Å². The Morgan fingerprint density at radius 1 is 1.54 bits per heavy atom. The molecule has 0 aliphatic carbocycles. The molecular formula is C7H4FN3O2. The van der Waals surface area contributed by atoms with E-state index in [1.54, 1.807) is 0 Å². The van der Waals surface area contributed by atoms with E-state index in [0.717, 1.165) is 18.2 Å². The Morgan fingerprint density at radius 2 is 2.23 bits per heavy atom. The Labute approximate surface area is 72.6 Å². The lowest BCUT2D eigenvalue weighted by molar-refractivity contribution is -0.385. The highest BCUT2D eigenvalue weighted by atomic mass is 19.1. The van der Waals surface area contributed by atoms with Gasteiger partial charge in [0.1, 0.15) is 5.82 Å². The average Bonchev–Trinajstić information content (AvgIpc) is 2.03. The summed E-state index contributed by atoms with van der Waals surface area (Å²) >= 11 is 0. The first-order valence-electron chi connectivity index (χ1n) is 3.23. The molecule has 0 bridgehead atoms. The molecule has 0 radical (unpaired) electrons. The maximum Gasteiger partial charge on any atom is 0.274 e. The summed E-state index contributed by atoms with van der Waals surface area (Å²) in [7, 11) is 0. The van der Waals surface area contributed by atoms with Crippen LogP contribution in [-0.2, 0) is 0 Å². The van der Waals surface area contributed by atoms with Crippen LogP contribution in [0.2, 0.25) is 0 Å². The molecule has 0 amide bonds. The van der Waals surface area contributed by atoms with Gasteiger partial charge < -0.3 is 0 Å². The van der Waals surface area contributed by atoms with Crippen molar-refractivity contribution >= 4 is 11.4 Å². The van der Waals surface area contributed by atoms with Crippen molar-refractivity contribution in [3.05, 3.63) is 34.1 Å². The zero-order valence-electron chi connectivity index (χ0n) is 6.32. The van der Waals surface area contributed by atoms with E-state index in [9.17, 15) is 14.5 Å². The van der Waals surface area contributed by atoms with E-state index in [1.165, 1.54) is 6.19 Å². The first kappa shape index (κ1) is 8.93. The van der Waals surface area contributed by atoms with Crippen LogP contribution in [0.4, 0.5) is 15.8 Å². The molecule has 0 fully saturated rings. The van der Waals surface area contributed by atoms with E-state index in [0.29, 0.717) is 0 Å². The predicted octanol–water partition coefficient (Wildman–Crippen LogP) is 1.63. The molecule has 1 rings (SSSR count). The molecule has 0 aliphatic heterocycles. The van der Waals surface area contributed by atoms with E-state index in [-0.39, 0.29) is 5.69 Å². The van der Waals surface area contributed by atoms with Crippen molar-refractivity contribution in [2.45, 2.75) is 0 Å². The molecule has 0 saturated heterocycles. The third-order valence-electron chi connectivity index (χ3n) is 1.29. The number of nitriles is 1. The molecule has 1 aromatic rings. The molecule has 0 unspecified atom stereocenters. The number of nitro groups is 1. The molecular weight excluding hydrogens is 177 g/mol. The van der Waals surface area contributed by atoms with Gasteiger partial charge in [-0.2, -0.15) is 5.26 Å². The monoisotopic (exact) mass is 181 g/mol. The molecule has 0 saturated carbocycles. The summed E-state index contributed by atoms with van der Waals surface area (Å²) in [6.45, 7) is 0. The smallest absolute Gasteiger partial charge is 0.274 e. The van der Waals surface area contributed by atoms with Crippen molar-refractivity contribution in [3.63, 3.8) is 0 Å². The fraction of sp³-hybridized carbons (Fsp3) is 0. The minimum atomic E-state index is -0.757. The predicted molar refractivity (Wildman–Crippen MR) is 42.3 cm³/mol. The Bertz CT molecular complexity index is 386. The summed E-state index contributed by atoms with van der Waals surface area (Å²) in [5.41, 5.74) is -0.327. The number of nitro benzene ring substituents is 1. The van der Waals surface area contributed by atoms with Crippen molar-refractivity contribution in [1.29, 1.82) is 5.26 Å². The summed E-state index contributed by atoms with van der Waals surface area (Å²) < 4.78 is 12.7. The number of hydrogen-bond donors (Lipinski definition) is 1. The highest BCUT2D eigenvalue weighted by Crippen LogP contribution is 2.19. The van der Waals surface area contributed by atoms with Crippen LogP contribution in [0.15, 0.2) is 18.2 Å². The standard InChI is InChI=1S/C7H4FN3O2/c8-5-1-6(10-4-9)3-7(2-5)11(12)13/h1-3,10H. The van der Waals surface area contributed by atoms with Crippen LogP contribution in [0.5, 0.6) is 0 Å². The molecule has 0 aromatic heterocycles. The van der Waals surface area contributed by atoms with Gasteiger partial charge in [0.15, 0.2) is 6.19 Å². The molecule has 5 nitrogen and oxygen atoms in total. The Balaban J connectivity index is 3.12. The van der Waals surface area contributed by atoms with Crippen LogP contribution in [0, 0.1) is 27.4 Å². The van der Waals surface area contributed by atoms with E-state index in [1.807, 2.05) is 0 Å². The third kappa shape index (κ3) is 2.13. The molecule has 6 heteroatoms. The van der Waals surface area contributed by atoms with E-state index < -0.39 is 16.4 Å². The average molecular weight is 181 g/mol. The maximum atomic E-state index is 12.7. The molecule has 13 heavy (non-hydrogen) atoms. The number of benzene rings is 1. The molecule has 1 aromatic carbocycles. The van der Waals surface area contributed by atoms with Gasteiger partial charge in [-0.1, -0.05) is 0 Å². The SMILES string of the molecule is N#CNc1cc(F)cc([N+](=O)[O-])c1. The van der Waals surface area contributed by atoms with Crippen LogP contribution < -0.4 is 5.32 Å². The van der Waals surface area contributed by atoms with E-state index >= 15 is 0 Å². The first-order valence-corrected chi connectivity index (χ1v) is 3.23. The van der Waals surface area contributed by atoms with E-state index in [4.69, 9.17) is 5.26 Å². The molecule has 66 valence electrons. The summed E-state index contributed by atoms with van der Waals surface area (Å²) in [6, 6.07) is 2.85. The van der Waals surface area contributed by atoms with Gasteiger partial charge in [-0.05, 0) is 6.07 Å². The maximum absolute atomic E-state index is 12.7. The van der Waals surface area contributed by atoms with Gasteiger partial charge >= 0.3 is 0 Å². The second-order valence-corrected chi connectivity index (χ2v) is 2.19. The number of hydrogen-bond acceptors (Lipinski definition) is 4. The van der Waals surface area contributed by atoms with Crippen molar-refractivity contribution in [1.82, 2.24) is 0 Å². The Hall–Kier alpha value is -2.16. The minimum Gasteiger partial charge on any atom is -0.292 e. The van der Waals surface area contributed by atoms with Crippen LogP contribution in [0.3, 0.4) is 0 Å². The van der Waals surface area contributed by atoms with Crippen LogP contribution >= 0.6 is 0 Å². The van der Waals surface area contributed by atoms with Gasteiger partial charge in [-0.25, -0.2) is 4.39 Å². The number of nitrogens with one attached hydrogen (secondary N) is 1. The van der Waals surface area contributed by atoms with Gasteiger partial charge in [0.05, 0.1) is 16.7 Å². The summed E-state index contributed by atoms with van der Waals surface area (Å²) in [4.78, 5) is 9.51. The van der Waals surface area contributed by atoms with Crippen molar-refractivity contribution < 1.29 is 9.31 Å². The van der Waals surface area contributed by atoms with Gasteiger partial charge in [0, 0.05) is 6.07 Å². The number of halogens is 1. The first-order chi connectivity index (χ1) is 6.13. The van der Waals surface area contributed by atoms with Crippen molar-refractivity contribution in [3.8, 4) is 6.19 Å². The van der Waals surface area contributed by atoms with Crippen LogP contribution in [0.1, 0.15) is 0 Å². The highest BCUT2D eigenvalue weighted by molar-refractivity contribution is 5.53. The Kier molecular flexibility index (Phi) is 2.40. The van der Waals surface area contributed by atoms with E-state index in [2.05, 4.69) is 5.32 Å². The topological polar surface area (TPSA) is 79.0 Å². The number of non-ortho nitro benzene ring substituents is 1. The lowest BCUT2D eigenvalue weighted by atomic mass is 10.3. The normalized spacial score (nSPS) is 8.92. The fourth-order valence-electron chi connectivity index (χ4n) is 0.816. The number of rotatable bonds is 2. The van der Waals surface area contributed by atoms with Crippen LogP contribution in [-0.4, -0.2) is 4.92 Å². The van der Waals surface area contributed by atoms with Crippen molar-refractivity contribution in [2.24, 2.45) is 0 Å². The lowest BCUT2D eigenvalue weighted by Gasteiger charge is -1.97. The molecule has 0 heterocycles. The lowest BCUT2D eigenvalue weighted by Crippen LogP contribution is -1.93. The zero-order valence-corrected chi connectivity index (χ0v) is 6.32. The van der Waals surface area contributed by atoms with Crippen molar-refractivity contribution in [2.75, 3.05) is 5.32 Å². The highest BCUT2D eigenvalue weighted by Gasteiger charge is 2.08. The summed E-state index contributed by atoms with van der Waals surface area (Å²) in [5, 5.41) is 20.5. The number of anilines is 1.